The van der Waals surface area contributed by atoms with Gasteiger partial charge in [-0.1, -0.05) is 0 Å². The maximum absolute atomic E-state index is 14.5. The molecule has 1 aromatic heterocycles. The fourth-order valence-electron chi connectivity index (χ4n) is 4.22. The van der Waals surface area contributed by atoms with Crippen LogP contribution in [-0.4, -0.2) is 35.3 Å². The number of methoxy groups -OCH3 is 1. The van der Waals surface area contributed by atoms with Gasteiger partial charge in [0.15, 0.2) is 17.3 Å². The number of alkyl halides is 3. The summed E-state index contributed by atoms with van der Waals surface area (Å²) in [7, 11) is 1.41. The predicted octanol–water partition coefficient (Wildman–Crippen LogP) is 6.35. The molecule has 1 fully saturated rings. The topological polar surface area (TPSA) is 94.7 Å². The Morgan fingerprint density at radius 1 is 1.07 bits per heavy atom. The van der Waals surface area contributed by atoms with Crippen molar-refractivity contribution in [1.82, 2.24) is 4.98 Å². The summed E-state index contributed by atoms with van der Waals surface area (Å²) in [6.07, 6.45) is -4.88. The molecule has 0 amide bonds. The van der Waals surface area contributed by atoms with Crippen LogP contribution in [0.1, 0.15) is 66.7 Å². The number of hydrogen-bond acceptors (Lipinski definition) is 6. The van der Waals surface area contributed by atoms with E-state index in [1.807, 2.05) is 0 Å². The molecular weight excluding hydrogens is 528 g/mol. The zero-order chi connectivity index (χ0) is 29.5. The van der Waals surface area contributed by atoms with Crippen LogP contribution < -0.4 is 15.2 Å². The second kappa shape index (κ2) is 10.8. The van der Waals surface area contributed by atoms with E-state index in [1.54, 1.807) is 19.9 Å². The van der Waals surface area contributed by atoms with Crippen LogP contribution in [0, 0.1) is 12.7 Å². The van der Waals surface area contributed by atoms with Gasteiger partial charge in [0.25, 0.3) is 0 Å². The SMILES string of the molecule is COc1cc(C(=O)CC[C@](O)(c2cc(C(C)(C)N)cc(-c3ccc(F)c(C)c3)n2)C(F)(F)F)ccc1OC1CC1. The molecule has 0 saturated heterocycles. The number of aromatic nitrogens is 1. The number of pyridine rings is 1. The number of ketones is 1. The number of nitrogens with zero attached hydrogens (tertiary/aromatic N) is 1. The minimum absolute atomic E-state index is 0.0825. The molecule has 10 heteroatoms. The van der Waals surface area contributed by atoms with Gasteiger partial charge in [0.1, 0.15) is 5.82 Å². The number of carbonyl (C=O) groups is 1. The zero-order valence-electron chi connectivity index (χ0n) is 22.7. The van der Waals surface area contributed by atoms with Crippen LogP contribution in [0.4, 0.5) is 17.6 Å². The molecule has 1 aliphatic carbocycles. The summed E-state index contributed by atoms with van der Waals surface area (Å²) in [5, 5.41) is 11.1. The van der Waals surface area contributed by atoms with Gasteiger partial charge in [0.2, 0.25) is 5.60 Å². The quantitative estimate of drug-likeness (QED) is 0.222. The van der Waals surface area contributed by atoms with E-state index < -0.39 is 47.5 Å². The molecule has 2 aromatic carbocycles. The van der Waals surface area contributed by atoms with E-state index in [0.717, 1.165) is 18.9 Å². The number of rotatable bonds is 10. The van der Waals surface area contributed by atoms with Crippen molar-refractivity contribution in [3.63, 3.8) is 0 Å². The first-order chi connectivity index (χ1) is 18.6. The highest BCUT2D eigenvalue weighted by Gasteiger charge is 2.56. The van der Waals surface area contributed by atoms with Gasteiger partial charge in [-0.25, -0.2) is 9.37 Å². The fourth-order valence-corrected chi connectivity index (χ4v) is 4.22. The number of benzene rings is 2. The number of Topliss-reactive ketones (excluding diaryl/α,β-unsaturated/α-hetero) is 1. The first-order valence-corrected chi connectivity index (χ1v) is 12.9. The number of halogens is 4. The third kappa shape index (κ3) is 6.28. The molecule has 1 aliphatic rings. The summed E-state index contributed by atoms with van der Waals surface area (Å²) in [6.45, 7) is 4.73. The predicted molar refractivity (Wildman–Crippen MR) is 142 cm³/mol. The number of carbonyl (C=O) groups excluding carboxylic acids is 1. The molecule has 3 aromatic rings. The lowest BCUT2D eigenvalue weighted by Crippen LogP contribution is -2.44. The van der Waals surface area contributed by atoms with Crippen molar-refractivity contribution in [3.8, 4) is 22.8 Å². The van der Waals surface area contributed by atoms with E-state index >= 15 is 0 Å². The summed E-state index contributed by atoms with van der Waals surface area (Å²) >= 11 is 0. The Morgan fingerprint density at radius 3 is 2.35 bits per heavy atom. The van der Waals surface area contributed by atoms with Crippen LogP contribution >= 0.6 is 0 Å². The summed E-state index contributed by atoms with van der Waals surface area (Å²) in [5.41, 5.74) is 2.08. The Bertz CT molecular complexity index is 1410. The summed E-state index contributed by atoms with van der Waals surface area (Å²) in [4.78, 5) is 17.2. The van der Waals surface area contributed by atoms with Gasteiger partial charge < -0.3 is 20.3 Å². The molecule has 1 atom stereocenters. The van der Waals surface area contributed by atoms with Crippen LogP contribution in [0.3, 0.4) is 0 Å². The second-order valence-corrected chi connectivity index (χ2v) is 10.8. The molecule has 6 nitrogen and oxygen atoms in total. The average molecular weight is 561 g/mol. The molecule has 0 spiro atoms. The molecule has 214 valence electrons. The third-order valence-corrected chi connectivity index (χ3v) is 6.93. The monoisotopic (exact) mass is 560 g/mol. The second-order valence-electron chi connectivity index (χ2n) is 10.8. The first kappa shape index (κ1) is 29.5. The molecule has 1 saturated carbocycles. The molecule has 0 radical (unpaired) electrons. The van der Waals surface area contributed by atoms with Gasteiger partial charge in [0, 0.05) is 23.1 Å². The number of aryl methyl sites for hydroxylation is 1. The average Bonchev–Trinajstić information content (AvgIpc) is 3.71. The lowest BCUT2D eigenvalue weighted by Gasteiger charge is -2.32. The lowest BCUT2D eigenvalue weighted by molar-refractivity contribution is -0.270. The van der Waals surface area contributed by atoms with E-state index in [1.165, 1.54) is 50.4 Å². The van der Waals surface area contributed by atoms with E-state index in [4.69, 9.17) is 15.2 Å². The van der Waals surface area contributed by atoms with Crippen molar-refractivity contribution >= 4 is 5.78 Å². The van der Waals surface area contributed by atoms with Crippen molar-refractivity contribution in [1.29, 1.82) is 0 Å². The highest BCUT2D eigenvalue weighted by Crippen LogP contribution is 2.44. The normalized spacial score (nSPS) is 15.4. The summed E-state index contributed by atoms with van der Waals surface area (Å²) < 4.78 is 68.4. The molecule has 1 heterocycles. The minimum atomic E-state index is -5.17. The maximum atomic E-state index is 14.5. The van der Waals surface area contributed by atoms with E-state index in [9.17, 15) is 27.5 Å². The summed E-state index contributed by atoms with van der Waals surface area (Å²) in [5.74, 6) is -0.359. The van der Waals surface area contributed by atoms with Crippen LogP contribution in [0.5, 0.6) is 11.5 Å². The van der Waals surface area contributed by atoms with E-state index in [2.05, 4.69) is 4.98 Å². The van der Waals surface area contributed by atoms with Crippen LogP contribution in [0.2, 0.25) is 0 Å². The van der Waals surface area contributed by atoms with E-state index in [-0.39, 0.29) is 28.5 Å². The summed E-state index contributed by atoms with van der Waals surface area (Å²) in [6, 6.07) is 11.1. The molecule has 0 unspecified atom stereocenters. The first-order valence-electron chi connectivity index (χ1n) is 12.9. The van der Waals surface area contributed by atoms with E-state index in [0.29, 0.717) is 17.1 Å². The number of ether oxygens (including phenoxy) is 2. The molecule has 3 N–H and O–H groups in total. The van der Waals surface area contributed by atoms with Gasteiger partial charge in [-0.05, 0) is 99.7 Å². The number of nitrogens with two attached hydrogens (primary N) is 1. The lowest BCUT2D eigenvalue weighted by atomic mass is 9.86. The van der Waals surface area contributed by atoms with Crippen molar-refractivity contribution < 1.29 is 36.9 Å². The Balaban J connectivity index is 1.69. The largest absolute Gasteiger partial charge is 0.493 e. The van der Waals surface area contributed by atoms with Gasteiger partial charge in [-0.3, -0.25) is 4.79 Å². The Labute approximate surface area is 230 Å². The van der Waals surface area contributed by atoms with Gasteiger partial charge in [0.05, 0.1) is 24.6 Å². The smallest absolute Gasteiger partial charge is 0.422 e. The van der Waals surface area contributed by atoms with Crippen molar-refractivity contribution in [2.75, 3.05) is 7.11 Å². The highest BCUT2D eigenvalue weighted by atomic mass is 19.4. The number of aliphatic hydroxyl groups is 1. The minimum Gasteiger partial charge on any atom is -0.493 e. The van der Waals surface area contributed by atoms with Crippen molar-refractivity contribution in [3.05, 3.63) is 76.7 Å². The van der Waals surface area contributed by atoms with Gasteiger partial charge >= 0.3 is 6.18 Å². The Hall–Kier alpha value is -3.50. The van der Waals surface area contributed by atoms with Crippen LogP contribution in [-0.2, 0) is 11.1 Å². The standard InChI is InChI=1S/C30H32F4N2O4/c1-17-13-18(5-9-22(17)31)23-15-20(28(2,3)35)16-27(36-23)29(38,30(32,33)34)12-11-24(37)19-6-10-25(26(14-19)39-4)40-21-7-8-21/h5-6,9-10,13-16,21,38H,7-8,11-12,35H2,1-4H3/t29-/m0/s1. The maximum Gasteiger partial charge on any atom is 0.422 e. The van der Waals surface area contributed by atoms with Crippen LogP contribution in [0.25, 0.3) is 11.3 Å². The molecule has 40 heavy (non-hydrogen) atoms. The Kier molecular flexibility index (Phi) is 7.97. The zero-order valence-corrected chi connectivity index (χ0v) is 22.7. The van der Waals surface area contributed by atoms with Crippen molar-refractivity contribution in [2.24, 2.45) is 5.73 Å². The third-order valence-electron chi connectivity index (χ3n) is 6.93. The van der Waals surface area contributed by atoms with Crippen molar-refractivity contribution in [2.45, 2.75) is 69.9 Å². The van der Waals surface area contributed by atoms with Crippen LogP contribution in [0.15, 0.2) is 48.5 Å². The van der Waals surface area contributed by atoms with Gasteiger partial charge in [-0.15, -0.1) is 0 Å². The highest BCUT2D eigenvalue weighted by molar-refractivity contribution is 5.96. The molecule has 0 bridgehead atoms. The molecule has 0 aliphatic heterocycles. The number of hydrogen-bond donors (Lipinski definition) is 2. The Morgan fingerprint density at radius 2 is 1.77 bits per heavy atom. The van der Waals surface area contributed by atoms with Gasteiger partial charge in [-0.2, -0.15) is 13.2 Å². The molecule has 4 rings (SSSR count). The molecular formula is C30H32F4N2O4. The fraction of sp³-hybridized carbons (Fsp3) is 0.400.